The van der Waals surface area contributed by atoms with E-state index >= 15 is 0 Å². The number of thioether (sulfide) groups is 1. The van der Waals surface area contributed by atoms with Gasteiger partial charge in [0, 0.05) is 24.6 Å². The highest BCUT2D eigenvalue weighted by Crippen LogP contribution is 2.32. The first kappa shape index (κ1) is 23.2. The van der Waals surface area contributed by atoms with Crippen LogP contribution in [0.5, 0.6) is 11.5 Å². The Hall–Kier alpha value is -3.46. The second-order valence-corrected chi connectivity index (χ2v) is 8.16. The molecule has 9 heteroatoms. The molecule has 8 nitrogen and oxygen atoms in total. The molecule has 0 spiro atoms. The topological polar surface area (TPSA) is 93.9 Å². The van der Waals surface area contributed by atoms with Gasteiger partial charge in [0.2, 0.25) is 0 Å². The molecule has 2 amide bonds. The molecule has 0 unspecified atom stereocenters. The molecule has 168 valence electrons. The first-order chi connectivity index (χ1) is 15.3. The Kier molecular flexibility index (Phi) is 7.42. The molecular formula is C23H25N3O5S. The third kappa shape index (κ3) is 5.42. The molecular weight excluding hydrogens is 430 g/mol. The zero-order valence-corrected chi connectivity index (χ0v) is 19.4. The zero-order chi connectivity index (χ0) is 23.3. The lowest BCUT2D eigenvalue weighted by Crippen LogP contribution is -2.17. The molecule has 0 saturated heterocycles. The molecule has 0 saturated carbocycles. The summed E-state index contributed by atoms with van der Waals surface area (Å²) < 4.78 is 16.4. The van der Waals surface area contributed by atoms with Crippen molar-refractivity contribution in [1.82, 2.24) is 10.1 Å². The lowest BCUT2D eigenvalue weighted by molar-refractivity contribution is 0.102. The maximum Gasteiger partial charge on any atom is 0.286 e. The second-order valence-electron chi connectivity index (χ2n) is 7.17. The minimum Gasteiger partial charge on any atom is -0.493 e. The van der Waals surface area contributed by atoms with E-state index in [9.17, 15) is 9.59 Å². The lowest BCUT2D eigenvalue weighted by atomic mass is 10.1. The monoisotopic (exact) mass is 455 g/mol. The van der Waals surface area contributed by atoms with Gasteiger partial charge in [-0.05, 0) is 55.9 Å². The number of benzene rings is 2. The molecule has 1 N–H and O–H groups in total. The number of methoxy groups -OCH3 is 1. The number of amides is 2. The molecule has 0 fully saturated rings. The van der Waals surface area contributed by atoms with E-state index in [0.29, 0.717) is 33.4 Å². The van der Waals surface area contributed by atoms with E-state index in [2.05, 4.69) is 10.5 Å². The number of carbonyl (C=O) groups is 2. The normalized spacial score (nSPS) is 10.5. The molecule has 1 aromatic heterocycles. The highest BCUT2D eigenvalue weighted by atomic mass is 32.2. The standard InChI is InChI=1S/C23H25N3O5S/c1-14-17(15(2)31-25-14)13-30-19-11-10-16(12-20(19)29-5)22(27)24-18-8-6-7-9-21(18)32-23(28)26(3)4/h6-12H,13H2,1-5H3,(H,24,27). The number of aromatic nitrogens is 1. The number of aryl methyl sites for hydroxylation is 2. The van der Waals surface area contributed by atoms with Crippen LogP contribution in [-0.4, -0.2) is 42.4 Å². The van der Waals surface area contributed by atoms with Crippen molar-refractivity contribution >= 4 is 28.6 Å². The Morgan fingerprint density at radius 2 is 1.88 bits per heavy atom. The minimum atomic E-state index is -0.328. The van der Waals surface area contributed by atoms with Gasteiger partial charge in [-0.1, -0.05) is 17.3 Å². The average Bonchev–Trinajstić information content (AvgIpc) is 3.10. The van der Waals surface area contributed by atoms with Crippen molar-refractivity contribution in [3.05, 3.63) is 65.0 Å². The van der Waals surface area contributed by atoms with Gasteiger partial charge in [-0.25, -0.2) is 0 Å². The van der Waals surface area contributed by atoms with Crippen LogP contribution in [0.25, 0.3) is 0 Å². The number of hydrogen-bond acceptors (Lipinski definition) is 7. The zero-order valence-electron chi connectivity index (χ0n) is 18.6. The number of nitrogens with one attached hydrogen (secondary N) is 1. The first-order valence-electron chi connectivity index (χ1n) is 9.82. The van der Waals surface area contributed by atoms with Gasteiger partial charge in [0.05, 0.1) is 24.1 Å². The van der Waals surface area contributed by atoms with E-state index in [4.69, 9.17) is 14.0 Å². The Bertz CT molecular complexity index is 1110. The summed E-state index contributed by atoms with van der Waals surface area (Å²) in [6, 6.07) is 12.1. The largest absolute Gasteiger partial charge is 0.493 e. The van der Waals surface area contributed by atoms with Crippen LogP contribution in [0, 0.1) is 13.8 Å². The molecule has 2 aromatic carbocycles. The molecule has 0 bridgehead atoms. The number of carbonyl (C=O) groups excluding carboxylic acids is 2. The number of para-hydroxylation sites is 1. The van der Waals surface area contributed by atoms with Crippen LogP contribution in [0.2, 0.25) is 0 Å². The van der Waals surface area contributed by atoms with Crippen LogP contribution in [0.1, 0.15) is 27.4 Å². The maximum atomic E-state index is 12.9. The lowest BCUT2D eigenvalue weighted by Gasteiger charge is -2.14. The van der Waals surface area contributed by atoms with Crippen molar-refractivity contribution in [3.63, 3.8) is 0 Å². The highest BCUT2D eigenvalue weighted by Gasteiger charge is 2.16. The second kappa shape index (κ2) is 10.2. The molecule has 0 radical (unpaired) electrons. The third-order valence-electron chi connectivity index (χ3n) is 4.68. The quantitative estimate of drug-likeness (QED) is 0.506. The highest BCUT2D eigenvalue weighted by molar-refractivity contribution is 8.13. The van der Waals surface area contributed by atoms with Crippen molar-refractivity contribution in [1.29, 1.82) is 0 Å². The smallest absolute Gasteiger partial charge is 0.286 e. The van der Waals surface area contributed by atoms with Crippen molar-refractivity contribution in [2.45, 2.75) is 25.3 Å². The van der Waals surface area contributed by atoms with Crippen LogP contribution < -0.4 is 14.8 Å². The van der Waals surface area contributed by atoms with Gasteiger partial charge in [0.1, 0.15) is 12.4 Å². The number of rotatable bonds is 7. The van der Waals surface area contributed by atoms with Crippen LogP contribution in [0.4, 0.5) is 10.5 Å². The van der Waals surface area contributed by atoms with E-state index in [1.165, 1.54) is 12.0 Å². The molecule has 1 heterocycles. The first-order valence-corrected chi connectivity index (χ1v) is 10.6. The third-order valence-corrected chi connectivity index (χ3v) is 5.79. The van der Waals surface area contributed by atoms with Crippen LogP contribution in [0.15, 0.2) is 51.9 Å². The maximum absolute atomic E-state index is 12.9. The number of nitrogens with zero attached hydrogens (tertiary/aromatic N) is 2. The van der Waals surface area contributed by atoms with Crippen LogP contribution in [-0.2, 0) is 6.61 Å². The fourth-order valence-electron chi connectivity index (χ4n) is 2.82. The minimum absolute atomic E-state index is 0.131. The average molecular weight is 456 g/mol. The summed E-state index contributed by atoms with van der Waals surface area (Å²) in [4.78, 5) is 27.1. The van der Waals surface area contributed by atoms with Gasteiger partial charge >= 0.3 is 0 Å². The summed E-state index contributed by atoms with van der Waals surface area (Å²) in [5.74, 6) is 1.29. The van der Waals surface area contributed by atoms with Crippen molar-refractivity contribution in [3.8, 4) is 11.5 Å². The Morgan fingerprint density at radius 3 is 2.53 bits per heavy atom. The van der Waals surface area contributed by atoms with E-state index in [0.717, 1.165) is 23.0 Å². The van der Waals surface area contributed by atoms with Crippen LogP contribution >= 0.6 is 11.8 Å². The van der Waals surface area contributed by atoms with Gasteiger partial charge in [-0.15, -0.1) is 0 Å². The van der Waals surface area contributed by atoms with Crippen molar-refractivity contribution < 1.29 is 23.6 Å². The molecule has 0 aliphatic rings. The van der Waals surface area contributed by atoms with Gasteiger partial charge < -0.3 is 24.2 Å². The van der Waals surface area contributed by atoms with Gasteiger partial charge in [-0.3, -0.25) is 9.59 Å². The predicted octanol–water partition coefficient (Wildman–Crippen LogP) is 4.91. The summed E-state index contributed by atoms with van der Waals surface area (Å²) in [6.07, 6.45) is 0. The Balaban J connectivity index is 1.75. The SMILES string of the molecule is COc1cc(C(=O)Nc2ccccc2SC(=O)N(C)C)ccc1OCc1c(C)noc1C. The van der Waals surface area contributed by atoms with Gasteiger partial charge in [0.25, 0.3) is 11.1 Å². The van der Waals surface area contributed by atoms with Crippen LogP contribution in [0.3, 0.4) is 0 Å². The Morgan fingerprint density at radius 1 is 1.12 bits per heavy atom. The van der Waals surface area contributed by atoms with Gasteiger partial charge in [0.15, 0.2) is 11.5 Å². The summed E-state index contributed by atoms with van der Waals surface area (Å²) in [5.41, 5.74) is 2.58. The van der Waals surface area contributed by atoms with E-state index < -0.39 is 0 Å². The number of hydrogen-bond donors (Lipinski definition) is 1. The molecule has 0 aliphatic heterocycles. The number of anilines is 1. The van der Waals surface area contributed by atoms with Crippen molar-refractivity contribution in [2.24, 2.45) is 0 Å². The molecule has 3 aromatic rings. The molecule has 32 heavy (non-hydrogen) atoms. The Labute approximate surface area is 190 Å². The van der Waals surface area contributed by atoms with Crippen molar-refractivity contribution in [2.75, 3.05) is 26.5 Å². The summed E-state index contributed by atoms with van der Waals surface area (Å²) in [6.45, 7) is 3.95. The molecule has 3 rings (SSSR count). The number of ether oxygens (including phenoxy) is 2. The molecule has 0 aliphatic carbocycles. The van der Waals surface area contributed by atoms with Gasteiger partial charge in [-0.2, -0.15) is 0 Å². The van der Waals surface area contributed by atoms with E-state index in [1.54, 1.807) is 50.5 Å². The van der Waals surface area contributed by atoms with E-state index in [1.807, 2.05) is 19.9 Å². The predicted molar refractivity (Wildman–Crippen MR) is 123 cm³/mol. The fourth-order valence-corrected chi connectivity index (χ4v) is 3.57. The fraction of sp³-hybridized carbons (Fsp3) is 0.261. The molecule has 0 atom stereocenters. The summed E-state index contributed by atoms with van der Waals surface area (Å²) in [5, 5.41) is 6.65. The summed E-state index contributed by atoms with van der Waals surface area (Å²) in [7, 11) is 4.87. The summed E-state index contributed by atoms with van der Waals surface area (Å²) >= 11 is 1.05. The van der Waals surface area contributed by atoms with E-state index in [-0.39, 0.29) is 17.8 Å².